The first-order valence-electron chi connectivity index (χ1n) is 51.1. The standard InChI is InChI=1S/C51H32N2O.2C45H28N2O/c1-2-13-33(14-3-1)34-25-31-37(32-26-34)50-52-45-22-9-5-16-40(45)49(53-50)36-29-27-35(28-30-36)38-17-12-21-44-48(38)39-15-4-6-18-41(39)51(44)42-19-7-10-23-46(42)54-47-24-11-8-20-43(47)51;1-2-13-31(14-3-1)44-46-39-22-9-5-16-34(39)43(47-44)30-27-25-29(26-28-30)32-17-12-21-38-42(32)33-15-4-6-18-35(33)45(38)36-19-7-10-23-40(36)48-41-24-11-8-20-37(41)45;1-2-13-30(14-3-1)43-34-16-5-9-22-39(34)46-44(47-43)31-27-25-29(26-28-31)32-17-12-21-38-42(32)33-15-4-6-18-35(33)45(38)36-19-7-10-23-40(36)48-41-24-11-8-20-37(41)45/h1-32H;2*1-28H. The minimum absolute atomic E-state index is 0.485. The molecular weight excluding hydrogens is 1830 g/mol. The summed E-state index contributed by atoms with van der Waals surface area (Å²) in [6.45, 7) is 0. The van der Waals surface area contributed by atoms with Gasteiger partial charge in [0.25, 0.3) is 0 Å². The predicted molar refractivity (Wildman–Crippen MR) is 605 cm³/mol. The maximum atomic E-state index is 6.54. The van der Waals surface area contributed by atoms with Gasteiger partial charge in [0.1, 0.15) is 34.5 Å². The van der Waals surface area contributed by atoms with E-state index in [1.54, 1.807) is 0 Å². The third-order valence-corrected chi connectivity index (χ3v) is 31.1. The molecule has 6 aliphatic rings. The highest BCUT2D eigenvalue weighted by molar-refractivity contribution is 6.04. The topological polar surface area (TPSA) is 105 Å². The highest BCUT2D eigenvalue weighted by Gasteiger charge is 2.55. The second-order valence-electron chi connectivity index (χ2n) is 39.0. The van der Waals surface area contributed by atoms with Gasteiger partial charge in [0.15, 0.2) is 17.5 Å². The third-order valence-electron chi connectivity index (χ3n) is 31.1. The minimum atomic E-state index is -0.497. The Bertz CT molecular complexity index is 9590. The molecule has 3 aliphatic carbocycles. The molecule has 22 aromatic carbocycles. The van der Waals surface area contributed by atoms with E-state index in [4.69, 9.17) is 44.1 Å². The molecule has 0 fully saturated rings. The molecule has 0 atom stereocenters. The van der Waals surface area contributed by atoms with Gasteiger partial charge in [-0.25, -0.2) is 29.9 Å². The molecule has 3 aliphatic heterocycles. The Morgan fingerprint density at radius 1 is 0.127 bits per heavy atom. The molecule has 0 amide bonds. The summed E-state index contributed by atoms with van der Waals surface area (Å²) >= 11 is 0. The van der Waals surface area contributed by atoms with Gasteiger partial charge in [0, 0.05) is 82.9 Å². The van der Waals surface area contributed by atoms with Gasteiger partial charge in [0.05, 0.1) is 49.9 Å². The van der Waals surface area contributed by atoms with Crippen LogP contribution < -0.4 is 14.2 Å². The van der Waals surface area contributed by atoms with Gasteiger partial charge in [-0.2, -0.15) is 0 Å². The first-order chi connectivity index (χ1) is 74.4. The van der Waals surface area contributed by atoms with Crippen molar-refractivity contribution >= 4 is 32.7 Å². The fraction of sp³-hybridized carbons (Fsp3) is 0.0213. The normalized spacial score (nSPS) is 13.3. The van der Waals surface area contributed by atoms with Gasteiger partial charge in [-0.1, -0.05) is 479 Å². The highest BCUT2D eigenvalue weighted by atomic mass is 16.5. The zero-order chi connectivity index (χ0) is 99.0. The van der Waals surface area contributed by atoms with Gasteiger partial charge in [-0.05, 0) is 166 Å². The quantitative estimate of drug-likeness (QED) is 0.132. The second kappa shape index (κ2) is 35.4. The molecule has 3 aromatic heterocycles. The largest absolute Gasteiger partial charge is 0.457 e. The molecule has 9 heteroatoms. The maximum absolute atomic E-state index is 6.54. The van der Waals surface area contributed by atoms with E-state index in [0.29, 0.717) is 5.82 Å². The zero-order valence-corrected chi connectivity index (χ0v) is 81.2. The van der Waals surface area contributed by atoms with Crippen LogP contribution in [0.25, 0.3) is 179 Å². The summed E-state index contributed by atoms with van der Waals surface area (Å²) in [6, 6.07) is 189. The van der Waals surface area contributed by atoms with E-state index in [9.17, 15) is 0 Å². The molecule has 0 saturated carbocycles. The summed E-state index contributed by atoms with van der Waals surface area (Å²) in [5, 5.41) is 3.12. The van der Waals surface area contributed by atoms with Crippen molar-refractivity contribution in [3.05, 3.63) is 601 Å². The first-order valence-corrected chi connectivity index (χ1v) is 51.1. The summed E-state index contributed by atoms with van der Waals surface area (Å²) < 4.78 is 19.6. The Kier molecular flexibility index (Phi) is 20.5. The highest BCUT2D eigenvalue weighted by Crippen LogP contribution is 2.68. The summed E-state index contributed by atoms with van der Waals surface area (Å²) in [6.07, 6.45) is 0. The summed E-state index contributed by atoms with van der Waals surface area (Å²) in [4.78, 5) is 30.3. The number of hydrogen-bond donors (Lipinski definition) is 0. The molecule has 0 radical (unpaired) electrons. The van der Waals surface area contributed by atoms with Crippen LogP contribution in [-0.4, -0.2) is 29.9 Å². The van der Waals surface area contributed by atoms with E-state index in [-0.39, 0.29) is 0 Å². The van der Waals surface area contributed by atoms with E-state index >= 15 is 0 Å². The number of para-hydroxylation sites is 9. The molecule has 700 valence electrons. The van der Waals surface area contributed by atoms with Gasteiger partial charge < -0.3 is 14.2 Å². The second-order valence-corrected chi connectivity index (χ2v) is 39.0. The molecule has 0 unspecified atom stereocenters. The fourth-order valence-corrected chi connectivity index (χ4v) is 24.7. The predicted octanol–water partition coefficient (Wildman–Crippen LogP) is 35.0. The van der Waals surface area contributed by atoms with Crippen molar-refractivity contribution in [1.29, 1.82) is 0 Å². The number of ether oxygens (including phenoxy) is 3. The van der Waals surface area contributed by atoms with Crippen LogP contribution in [0.1, 0.15) is 66.8 Å². The first kappa shape index (κ1) is 86.9. The van der Waals surface area contributed by atoms with Crippen LogP contribution in [0.15, 0.2) is 534 Å². The van der Waals surface area contributed by atoms with Crippen LogP contribution in [0.2, 0.25) is 0 Å². The van der Waals surface area contributed by atoms with Gasteiger partial charge in [-0.3, -0.25) is 0 Å². The lowest BCUT2D eigenvalue weighted by molar-refractivity contribution is 0.436. The number of rotatable bonds is 10. The van der Waals surface area contributed by atoms with E-state index in [1.807, 2.05) is 54.6 Å². The average Bonchev–Trinajstić information content (AvgIpc) is 1.52. The molecule has 150 heavy (non-hydrogen) atoms. The monoisotopic (exact) mass is 1910 g/mol. The van der Waals surface area contributed by atoms with Gasteiger partial charge in [0.2, 0.25) is 0 Å². The SMILES string of the molecule is c1ccc(-c2ccc(-c3nc(-c4ccc(-c5cccc6c5-c5ccccc5C65c6ccccc6Oc6ccccc65)cc4)c4ccccc4n3)cc2)cc1.c1ccc(-c2nc(-c3ccc(-c4cccc5c4-c4ccccc4C54c5ccccc5Oc5ccccc54)cc3)c3ccccc3n2)cc1.c1ccc(-c2nc(-c3ccc(-c4cccc5c4-c4ccccc4C54c5ccccc5Oc5ccccc54)cc3)nc3ccccc23)cc1. The molecule has 3 spiro atoms. The number of aromatic nitrogens is 6. The van der Waals surface area contributed by atoms with Crippen LogP contribution in [0.4, 0.5) is 0 Å². The molecule has 0 N–H and O–H groups in total. The summed E-state index contributed by atoms with van der Waals surface area (Å²) in [5.74, 6) is 7.57. The molecule has 25 aromatic rings. The average molecular weight is 1910 g/mol. The van der Waals surface area contributed by atoms with Crippen LogP contribution >= 0.6 is 0 Å². The Labute approximate surface area is 867 Å². The third kappa shape index (κ3) is 13.6. The molecular formula is C141H88N6O3. The summed E-state index contributed by atoms with van der Waals surface area (Å²) in [7, 11) is 0. The number of hydrogen-bond acceptors (Lipinski definition) is 9. The fourth-order valence-electron chi connectivity index (χ4n) is 24.7. The van der Waals surface area contributed by atoms with E-state index < -0.39 is 16.2 Å². The lowest BCUT2D eigenvalue weighted by atomic mass is 9.66. The Balaban J connectivity index is 0.000000106. The minimum Gasteiger partial charge on any atom is -0.457 e. The smallest absolute Gasteiger partial charge is 0.160 e. The van der Waals surface area contributed by atoms with Crippen LogP contribution in [0.3, 0.4) is 0 Å². The van der Waals surface area contributed by atoms with Crippen molar-refractivity contribution in [3.63, 3.8) is 0 Å². The summed E-state index contributed by atoms with van der Waals surface area (Å²) in [5.41, 5.74) is 42.0. The van der Waals surface area contributed by atoms with Crippen LogP contribution in [-0.2, 0) is 16.2 Å². The van der Waals surface area contributed by atoms with E-state index in [2.05, 4.69) is 479 Å². The lowest BCUT2D eigenvalue weighted by Crippen LogP contribution is -2.32. The number of nitrogens with zero attached hydrogens (tertiary/aromatic N) is 6. The van der Waals surface area contributed by atoms with Crippen LogP contribution in [0.5, 0.6) is 34.5 Å². The van der Waals surface area contributed by atoms with Gasteiger partial charge >= 0.3 is 0 Å². The maximum Gasteiger partial charge on any atom is 0.160 e. The van der Waals surface area contributed by atoms with Crippen molar-refractivity contribution in [1.82, 2.24) is 29.9 Å². The molecule has 9 nitrogen and oxygen atoms in total. The Morgan fingerprint density at radius 3 is 0.620 bits per heavy atom. The molecule has 31 rings (SSSR count). The zero-order valence-electron chi connectivity index (χ0n) is 81.2. The Morgan fingerprint density at radius 2 is 0.320 bits per heavy atom. The van der Waals surface area contributed by atoms with Crippen molar-refractivity contribution in [2.24, 2.45) is 0 Å². The van der Waals surface area contributed by atoms with Gasteiger partial charge in [-0.15, -0.1) is 0 Å². The molecule has 0 bridgehead atoms. The Hall–Kier alpha value is -19.7. The molecule has 6 heterocycles. The van der Waals surface area contributed by atoms with E-state index in [1.165, 1.54) is 128 Å². The lowest BCUT2D eigenvalue weighted by Gasteiger charge is -2.39. The number of fused-ring (bicyclic) bond motifs is 30. The van der Waals surface area contributed by atoms with Crippen molar-refractivity contribution in [3.8, 4) is 180 Å². The van der Waals surface area contributed by atoms with E-state index in [0.717, 1.165) is 146 Å². The number of benzene rings is 22. The van der Waals surface area contributed by atoms with Crippen molar-refractivity contribution in [2.75, 3.05) is 0 Å². The van der Waals surface area contributed by atoms with Crippen molar-refractivity contribution in [2.45, 2.75) is 16.2 Å². The molecule has 0 saturated heterocycles. The van der Waals surface area contributed by atoms with Crippen molar-refractivity contribution < 1.29 is 14.2 Å². The van der Waals surface area contributed by atoms with Crippen LogP contribution in [0, 0.1) is 0 Å².